The molecule has 0 unspecified atom stereocenters. The van der Waals surface area contributed by atoms with E-state index in [-0.39, 0.29) is 5.60 Å². The van der Waals surface area contributed by atoms with E-state index >= 15 is 0 Å². The van der Waals surface area contributed by atoms with Gasteiger partial charge in [-0.15, -0.1) is 16.4 Å². The van der Waals surface area contributed by atoms with Crippen molar-refractivity contribution in [2.24, 2.45) is 0 Å². The van der Waals surface area contributed by atoms with Crippen molar-refractivity contribution in [1.29, 1.82) is 0 Å². The Morgan fingerprint density at radius 3 is 2.87 bits per heavy atom. The lowest BCUT2D eigenvalue weighted by atomic mass is 9.94. The zero-order valence-electron chi connectivity index (χ0n) is 18.0. The van der Waals surface area contributed by atoms with Gasteiger partial charge in [0.2, 0.25) is 0 Å². The minimum atomic E-state index is -0.159. The number of hydrogen-bond acceptors (Lipinski definition) is 8. The van der Waals surface area contributed by atoms with Crippen molar-refractivity contribution >= 4 is 27.2 Å². The van der Waals surface area contributed by atoms with Gasteiger partial charge < -0.3 is 14.8 Å². The highest BCUT2D eigenvalue weighted by atomic mass is 32.1. The van der Waals surface area contributed by atoms with E-state index in [1.54, 1.807) is 11.3 Å². The number of hydrogen-bond donors (Lipinski definition) is 1. The molecule has 162 valence electrons. The van der Waals surface area contributed by atoms with Crippen molar-refractivity contribution in [2.75, 3.05) is 39.4 Å². The molecular weight excluding hydrogens is 400 g/mol. The van der Waals surface area contributed by atoms with Gasteiger partial charge in [0.05, 0.1) is 37.4 Å². The van der Waals surface area contributed by atoms with E-state index in [0.717, 1.165) is 79.7 Å². The fraction of sp³-hybridized carbons (Fsp3) is 0.667. The van der Waals surface area contributed by atoms with Gasteiger partial charge in [-0.25, -0.2) is 9.97 Å². The fourth-order valence-electron chi connectivity index (χ4n) is 4.31. The summed E-state index contributed by atoms with van der Waals surface area (Å²) in [5.74, 6) is 1.70. The van der Waals surface area contributed by atoms with Crippen molar-refractivity contribution in [3.63, 3.8) is 0 Å². The Morgan fingerprint density at radius 2 is 2.03 bits per heavy atom. The molecule has 1 fully saturated rings. The second kappa shape index (κ2) is 8.12. The molecule has 2 aliphatic rings. The predicted molar refractivity (Wildman–Crippen MR) is 117 cm³/mol. The Bertz CT molecular complexity index is 1050. The molecule has 0 radical (unpaired) electrons. The summed E-state index contributed by atoms with van der Waals surface area (Å²) < 4.78 is 13.3. The van der Waals surface area contributed by atoms with E-state index in [1.165, 1.54) is 10.4 Å². The Morgan fingerprint density at radius 1 is 1.20 bits per heavy atom. The topological polar surface area (TPSA) is 76.8 Å². The number of nitrogens with zero attached hydrogens (tertiary/aromatic N) is 5. The first-order valence-electron chi connectivity index (χ1n) is 10.8. The normalized spacial score (nSPS) is 19.6. The molecule has 0 aliphatic carbocycles. The summed E-state index contributed by atoms with van der Waals surface area (Å²) in [5, 5.41) is 9.40. The molecule has 0 bridgehead atoms. The van der Waals surface area contributed by atoms with Crippen molar-refractivity contribution < 1.29 is 9.47 Å². The average Bonchev–Trinajstić information content (AvgIpc) is 3.29. The van der Waals surface area contributed by atoms with Crippen LogP contribution in [-0.4, -0.2) is 69.5 Å². The van der Waals surface area contributed by atoms with Crippen LogP contribution in [0.2, 0.25) is 0 Å². The van der Waals surface area contributed by atoms with Crippen molar-refractivity contribution in [2.45, 2.75) is 52.4 Å². The molecule has 0 saturated carbocycles. The molecule has 1 saturated heterocycles. The third-order valence-corrected chi connectivity index (χ3v) is 7.03. The first-order chi connectivity index (χ1) is 14.5. The smallest absolute Gasteiger partial charge is 0.168 e. The Kier molecular flexibility index (Phi) is 5.49. The van der Waals surface area contributed by atoms with Gasteiger partial charge in [0, 0.05) is 24.4 Å². The van der Waals surface area contributed by atoms with E-state index < -0.39 is 0 Å². The molecule has 0 atom stereocenters. The lowest BCUT2D eigenvalue weighted by Crippen LogP contribution is -2.37. The summed E-state index contributed by atoms with van der Waals surface area (Å²) in [6.45, 7) is 13.5. The highest BCUT2D eigenvalue weighted by Crippen LogP contribution is 2.39. The number of ether oxygens (including phenoxy) is 2. The lowest BCUT2D eigenvalue weighted by molar-refractivity contribution is -0.0379. The molecule has 5 rings (SSSR count). The van der Waals surface area contributed by atoms with Crippen LogP contribution in [0.25, 0.3) is 15.9 Å². The molecule has 3 aromatic heterocycles. The van der Waals surface area contributed by atoms with Crippen molar-refractivity contribution in [3.05, 3.63) is 22.1 Å². The second-order valence-electron chi connectivity index (χ2n) is 8.82. The molecule has 0 spiro atoms. The summed E-state index contributed by atoms with van der Waals surface area (Å²) in [4.78, 5) is 14.5. The SMILES string of the molecule is Cc1nc2sc3c(c2c2nc(CNCCCN4CCOCC4)nn12)CC(C)(C)OC3. The largest absolute Gasteiger partial charge is 0.379 e. The van der Waals surface area contributed by atoms with Gasteiger partial charge in [-0.1, -0.05) is 0 Å². The highest BCUT2D eigenvalue weighted by molar-refractivity contribution is 7.19. The molecule has 0 aromatic carbocycles. The average molecular weight is 431 g/mol. The van der Waals surface area contributed by atoms with Crippen molar-refractivity contribution in [3.8, 4) is 0 Å². The van der Waals surface area contributed by atoms with Gasteiger partial charge in [0.15, 0.2) is 11.5 Å². The Balaban J connectivity index is 1.31. The molecule has 30 heavy (non-hydrogen) atoms. The molecule has 3 aromatic rings. The molecule has 9 heteroatoms. The first kappa shape index (κ1) is 20.3. The van der Waals surface area contributed by atoms with Gasteiger partial charge in [-0.2, -0.15) is 4.52 Å². The van der Waals surface area contributed by atoms with Crippen LogP contribution < -0.4 is 5.32 Å². The van der Waals surface area contributed by atoms with Crippen LogP contribution in [0.1, 0.15) is 42.4 Å². The monoisotopic (exact) mass is 430 g/mol. The summed E-state index contributed by atoms with van der Waals surface area (Å²) in [6, 6.07) is 0. The standard InChI is InChI=1S/C21H30N6O2S/c1-14-23-20-18(15-11-21(2,3)29-13-16(15)30-20)19-24-17(25-27(14)19)12-22-5-4-6-26-7-9-28-10-8-26/h22H,4-13H2,1-3H3. The number of fused-ring (bicyclic) bond motifs is 5. The number of aryl methyl sites for hydroxylation is 1. The van der Waals surface area contributed by atoms with Gasteiger partial charge in [-0.3, -0.25) is 4.90 Å². The zero-order chi connectivity index (χ0) is 20.7. The quantitative estimate of drug-likeness (QED) is 0.602. The van der Waals surface area contributed by atoms with Crippen LogP contribution in [0.15, 0.2) is 0 Å². The molecule has 5 heterocycles. The van der Waals surface area contributed by atoms with Gasteiger partial charge in [0.1, 0.15) is 10.7 Å². The van der Waals surface area contributed by atoms with Crippen LogP contribution in [0, 0.1) is 6.92 Å². The molecule has 1 N–H and O–H groups in total. The van der Waals surface area contributed by atoms with Crippen LogP contribution >= 0.6 is 11.3 Å². The van der Waals surface area contributed by atoms with Gasteiger partial charge >= 0.3 is 0 Å². The minimum Gasteiger partial charge on any atom is -0.379 e. The summed E-state index contributed by atoms with van der Waals surface area (Å²) in [5.41, 5.74) is 2.10. The molecule has 2 aliphatic heterocycles. The third-order valence-electron chi connectivity index (χ3n) is 5.93. The maximum atomic E-state index is 6.01. The summed E-state index contributed by atoms with van der Waals surface area (Å²) in [7, 11) is 0. The summed E-state index contributed by atoms with van der Waals surface area (Å²) >= 11 is 1.73. The maximum Gasteiger partial charge on any atom is 0.168 e. The van der Waals surface area contributed by atoms with Gasteiger partial charge in [0.25, 0.3) is 0 Å². The molecular formula is C21H30N6O2S. The van der Waals surface area contributed by atoms with E-state index in [1.807, 2.05) is 11.4 Å². The van der Waals surface area contributed by atoms with E-state index in [0.29, 0.717) is 13.2 Å². The van der Waals surface area contributed by atoms with Crippen LogP contribution in [0.5, 0.6) is 0 Å². The van der Waals surface area contributed by atoms with Crippen LogP contribution in [-0.2, 0) is 29.0 Å². The van der Waals surface area contributed by atoms with Gasteiger partial charge in [-0.05, 0) is 45.8 Å². The lowest BCUT2D eigenvalue weighted by Gasteiger charge is -2.30. The van der Waals surface area contributed by atoms with E-state index in [4.69, 9.17) is 24.5 Å². The van der Waals surface area contributed by atoms with Crippen molar-refractivity contribution in [1.82, 2.24) is 29.8 Å². The Hall–Kier alpha value is -1.65. The minimum absolute atomic E-state index is 0.159. The fourth-order valence-corrected chi connectivity index (χ4v) is 5.46. The Labute approximate surface area is 180 Å². The van der Waals surface area contributed by atoms with E-state index in [9.17, 15) is 0 Å². The molecule has 8 nitrogen and oxygen atoms in total. The molecule has 0 amide bonds. The number of thiophene rings is 1. The highest BCUT2D eigenvalue weighted by Gasteiger charge is 2.31. The summed E-state index contributed by atoms with van der Waals surface area (Å²) in [6.07, 6.45) is 2.00. The first-order valence-corrected chi connectivity index (χ1v) is 11.6. The number of morpholine rings is 1. The number of nitrogens with one attached hydrogen (secondary N) is 1. The predicted octanol–water partition coefficient (Wildman–Crippen LogP) is 2.31. The maximum absolute atomic E-state index is 6.01. The van der Waals surface area contributed by atoms with E-state index in [2.05, 4.69) is 24.1 Å². The second-order valence-corrected chi connectivity index (χ2v) is 9.90. The number of rotatable bonds is 6. The third kappa shape index (κ3) is 3.97. The number of aromatic nitrogens is 4. The van der Waals surface area contributed by atoms with Crippen LogP contribution in [0.3, 0.4) is 0 Å². The van der Waals surface area contributed by atoms with Crippen LogP contribution in [0.4, 0.5) is 0 Å². The zero-order valence-corrected chi connectivity index (χ0v) is 18.8.